The molecule has 0 heterocycles. The molecule has 0 fully saturated rings. The van der Waals surface area contributed by atoms with Gasteiger partial charge in [0.15, 0.2) is 11.9 Å². The van der Waals surface area contributed by atoms with E-state index in [0.717, 1.165) is 12.8 Å². The molecule has 3 nitrogen and oxygen atoms in total. The maximum atomic E-state index is 11.7. The number of esters is 1. The SMILES string of the molecule is CC(=O)OC1C(=O)C=CC2(C)CC=CCC12. The number of carbonyl (C=O) groups excluding carboxylic acids is 2. The third kappa shape index (κ3) is 1.82. The Morgan fingerprint density at radius 1 is 1.50 bits per heavy atom. The van der Waals surface area contributed by atoms with Gasteiger partial charge in [-0.05, 0) is 24.3 Å². The van der Waals surface area contributed by atoms with Crippen LogP contribution in [0.3, 0.4) is 0 Å². The topological polar surface area (TPSA) is 43.4 Å². The van der Waals surface area contributed by atoms with Gasteiger partial charge in [0.25, 0.3) is 0 Å². The van der Waals surface area contributed by atoms with Crippen molar-refractivity contribution in [1.29, 1.82) is 0 Å². The maximum absolute atomic E-state index is 11.7. The van der Waals surface area contributed by atoms with Crippen molar-refractivity contribution in [2.24, 2.45) is 11.3 Å². The molecular weight excluding hydrogens is 204 g/mol. The zero-order chi connectivity index (χ0) is 11.8. The average Bonchev–Trinajstić information content (AvgIpc) is 2.22. The van der Waals surface area contributed by atoms with Crippen molar-refractivity contribution in [1.82, 2.24) is 0 Å². The molecule has 0 spiro atoms. The third-order valence-electron chi connectivity index (χ3n) is 3.53. The maximum Gasteiger partial charge on any atom is 0.303 e. The minimum Gasteiger partial charge on any atom is -0.454 e. The Balaban J connectivity index is 2.30. The van der Waals surface area contributed by atoms with Crippen LogP contribution in [0.15, 0.2) is 24.3 Å². The molecule has 0 aromatic heterocycles. The normalized spacial score (nSPS) is 37.0. The summed E-state index contributed by atoms with van der Waals surface area (Å²) in [6, 6.07) is 0. The Morgan fingerprint density at radius 3 is 2.94 bits per heavy atom. The zero-order valence-electron chi connectivity index (χ0n) is 9.60. The van der Waals surface area contributed by atoms with E-state index in [2.05, 4.69) is 19.1 Å². The molecule has 0 radical (unpaired) electrons. The van der Waals surface area contributed by atoms with Gasteiger partial charge in [0.1, 0.15) is 0 Å². The van der Waals surface area contributed by atoms with Crippen LogP contribution >= 0.6 is 0 Å². The molecule has 0 N–H and O–H groups in total. The highest BCUT2D eigenvalue weighted by Gasteiger charge is 2.44. The summed E-state index contributed by atoms with van der Waals surface area (Å²) in [4.78, 5) is 22.8. The van der Waals surface area contributed by atoms with Crippen molar-refractivity contribution in [2.45, 2.75) is 32.8 Å². The molecule has 0 saturated heterocycles. The largest absolute Gasteiger partial charge is 0.454 e. The lowest BCUT2D eigenvalue weighted by Crippen LogP contribution is -2.45. The molecule has 2 rings (SSSR count). The number of ketones is 1. The minimum absolute atomic E-state index is 0.0528. The van der Waals surface area contributed by atoms with Gasteiger partial charge < -0.3 is 4.74 Å². The molecule has 0 amide bonds. The number of hydrogen-bond acceptors (Lipinski definition) is 3. The molecule has 3 atom stereocenters. The van der Waals surface area contributed by atoms with Crippen LogP contribution in [0.5, 0.6) is 0 Å². The summed E-state index contributed by atoms with van der Waals surface area (Å²) < 4.78 is 5.16. The zero-order valence-corrected chi connectivity index (χ0v) is 9.60. The van der Waals surface area contributed by atoms with Crippen molar-refractivity contribution in [2.75, 3.05) is 0 Å². The van der Waals surface area contributed by atoms with E-state index in [-0.39, 0.29) is 23.1 Å². The second-order valence-electron chi connectivity index (χ2n) is 4.79. The van der Waals surface area contributed by atoms with Crippen molar-refractivity contribution in [3.05, 3.63) is 24.3 Å². The minimum atomic E-state index is -0.600. The van der Waals surface area contributed by atoms with Gasteiger partial charge in [0, 0.05) is 12.8 Å². The van der Waals surface area contributed by atoms with Crippen molar-refractivity contribution < 1.29 is 14.3 Å². The summed E-state index contributed by atoms with van der Waals surface area (Å²) in [5.41, 5.74) is -0.0528. The molecule has 3 heteroatoms. The predicted molar refractivity (Wildman–Crippen MR) is 59.7 cm³/mol. The Morgan fingerprint density at radius 2 is 2.25 bits per heavy atom. The molecule has 0 aliphatic heterocycles. The summed E-state index contributed by atoms with van der Waals surface area (Å²) in [7, 11) is 0. The Kier molecular flexibility index (Phi) is 2.70. The molecule has 3 unspecified atom stereocenters. The smallest absolute Gasteiger partial charge is 0.303 e. The van der Waals surface area contributed by atoms with Crippen LogP contribution < -0.4 is 0 Å². The number of fused-ring (bicyclic) bond motifs is 1. The molecule has 2 aliphatic rings. The number of allylic oxidation sites excluding steroid dienone is 3. The summed E-state index contributed by atoms with van der Waals surface area (Å²) in [5, 5.41) is 0. The quantitative estimate of drug-likeness (QED) is 0.501. The van der Waals surface area contributed by atoms with Crippen LogP contribution in [0.25, 0.3) is 0 Å². The van der Waals surface area contributed by atoms with Crippen LogP contribution in [0, 0.1) is 11.3 Å². The molecule has 2 aliphatic carbocycles. The second kappa shape index (κ2) is 3.89. The van der Waals surface area contributed by atoms with Crippen LogP contribution in [0.2, 0.25) is 0 Å². The van der Waals surface area contributed by atoms with E-state index in [1.165, 1.54) is 6.92 Å². The first-order chi connectivity index (χ1) is 7.53. The van der Waals surface area contributed by atoms with E-state index < -0.39 is 6.10 Å². The van der Waals surface area contributed by atoms with Gasteiger partial charge >= 0.3 is 5.97 Å². The van der Waals surface area contributed by atoms with E-state index in [9.17, 15) is 9.59 Å². The van der Waals surface area contributed by atoms with E-state index in [1.54, 1.807) is 6.08 Å². The number of rotatable bonds is 1. The standard InChI is InChI=1S/C13H16O3/c1-9(14)16-12-10-5-3-4-7-13(10,2)8-6-11(12)15/h3-4,6,8,10,12H,5,7H2,1-2H3. The van der Waals surface area contributed by atoms with Gasteiger partial charge in [-0.25, -0.2) is 0 Å². The predicted octanol–water partition coefficient (Wildman–Crippen LogP) is 2.03. The summed E-state index contributed by atoms with van der Waals surface area (Å²) in [6.07, 6.45) is 8.81. The Labute approximate surface area is 95.2 Å². The van der Waals surface area contributed by atoms with Crippen LogP contribution in [-0.2, 0) is 14.3 Å². The lowest BCUT2D eigenvalue weighted by atomic mass is 9.64. The van der Waals surface area contributed by atoms with Crippen LogP contribution in [0.4, 0.5) is 0 Å². The van der Waals surface area contributed by atoms with Gasteiger partial charge in [-0.15, -0.1) is 0 Å². The lowest BCUT2D eigenvalue weighted by Gasteiger charge is -2.42. The fourth-order valence-corrected chi connectivity index (χ4v) is 2.55. The van der Waals surface area contributed by atoms with Crippen LogP contribution in [0.1, 0.15) is 26.7 Å². The first-order valence-corrected chi connectivity index (χ1v) is 5.58. The fourth-order valence-electron chi connectivity index (χ4n) is 2.55. The summed E-state index contributed by atoms with van der Waals surface area (Å²) in [6.45, 7) is 3.46. The molecule has 86 valence electrons. The monoisotopic (exact) mass is 220 g/mol. The van der Waals surface area contributed by atoms with Crippen molar-refractivity contribution in [3.63, 3.8) is 0 Å². The van der Waals surface area contributed by atoms with Gasteiger partial charge in [-0.3, -0.25) is 9.59 Å². The summed E-state index contributed by atoms with van der Waals surface area (Å²) >= 11 is 0. The molecule has 0 saturated carbocycles. The highest BCUT2D eigenvalue weighted by Crippen LogP contribution is 2.44. The van der Waals surface area contributed by atoms with Gasteiger partial charge in [-0.2, -0.15) is 0 Å². The van der Waals surface area contributed by atoms with Crippen molar-refractivity contribution >= 4 is 11.8 Å². The number of ether oxygens (including phenoxy) is 1. The van der Waals surface area contributed by atoms with Gasteiger partial charge in [0.05, 0.1) is 0 Å². The van der Waals surface area contributed by atoms with Gasteiger partial charge in [-0.1, -0.05) is 25.2 Å². The Hall–Kier alpha value is -1.38. The first kappa shape index (κ1) is 11.1. The van der Waals surface area contributed by atoms with E-state index >= 15 is 0 Å². The van der Waals surface area contributed by atoms with E-state index in [0.29, 0.717) is 0 Å². The number of hydrogen-bond donors (Lipinski definition) is 0. The molecule has 0 aromatic carbocycles. The lowest BCUT2D eigenvalue weighted by molar-refractivity contribution is -0.158. The van der Waals surface area contributed by atoms with E-state index in [1.807, 2.05) is 6.08 Å². The van der Waals surface area contributed by atoms with Gasteiger partial charge in [0.2, 0.25) is 0 Å². The fraction of sp³-hybridized carbons (Fsp3) is 0.538. The Bertz CT molecular complexity index is 381. The number of carbonyl (C=O) groups is 2. The first-order valence-electron chi connectivity index (χ1n) is 5.58. The van der Waals surface area contributed by atoms with Crippen LogP contribution in [-0.4, -0.2) is 17.9 Å². The van der Waals surface area contributed by atoms with Crippen molar-refractivity contribution in [3.8, 4) is 0 Å². The summed E-state index contributed by atoms with van der Waals surface area (Å²) in [5.74, 6) is -0.391. The highest BCUT2D eigenvalue weighted by molar-refractivity contribution is 5.96. The third-order valence-corrected chi connectivity index (χ3v) is 3.53. The van der Waals surface area contributed by atoms with E-state index in [4.69, 9.17) is 4.74 Å². The molecule has 0 aromatic rings. The second-order valence-corrected chi connectivity index (χ2v) is 4.79. The molecule has 16 heavy (non-hydrogen) atoms. The molecule has 0 bridgehead atoms. The average molecular weight is 220 g/mol. The molecular formula is C13H16O3. The highest BCUT2D eigenvalue weighted by atomic mass is 16.5.